The molecule has 0 aliphatic heterocycles. The van der Waals surface area contributed by atoms with Crippen molar-refractivity contribution in [3.05, 3.63) is 63.3 Å². The molecule has 2 aliphatic carbocycles. The Labute approximate surface area is 146 Å². The maximum atomic E-state index is 12.6. The Balaban J connectivity index is 1.50. The van der Waals surface area contributed by atoms with Crippen molar-refractivity contribution < 1.29 is 0 Å². The van der Waals surface area contributed by atoms with Gasteiger partial charge in [-0.3, -0.25) is 9.89 Å². The number of aromatic nitrogens is 4. The van der Waals surface area contributed by atoms with E-state index in [0.29, 0.717) is 11.7 Å². The van der Waals surface area contributed by atoms with E-state index < -0.39 is 0 Å². The average molecular weight is 334 g/mol. The molecular weight excluding hydrogens is 312 g/mol. The van der Waals surface area contributed by atoms with Crippen molar-refractivity contribution in [2.75, 3.05) is 0 Å². The summed E-state index contributed by atoms with van der Waals surface area (Å²) in [4.78, 5) is 22.0. The lowest BCUT2D eigenvalue weighted by molar-refractivity contribution is 0.428. The molecule has 3 aromatic rings. The molecule has 1 aromatic carbocycles. The fourth-order valence-corrected chi connectivity index (χ4v) is 4.45. The molecule has 0 saturated heterocycles. The Kier molecular flexibility index (Phi) is 3.47. The highest BCUT2D eigenvalue weighted by molar-refractivity contribution is 5.38. The molecule has 5 rings (SSSR count). The molecule has 1 fully saturated rings. The van der Waals surface area contributed by atoms with Crippen LogP contribution in [-0.2, 0) is 12.8 Å². The first-order valence-corrected chi connectivity index (χ1v) is 9.34. The average Bonchev–Trinajstić information content (AvgIpc) is 3.26. The van der Waals surface area contributed by atoms with Gasteiger partial charge in [-0.25, -0.2) is 4.98 Å². The zero-order valence-electron chi connectivity index (χ0n) is 14.2. The minimum absolute atomic E-state index is 0.0504. The quantitative estimate of drug-likeness (QED) is 0.782. The maximum Gasteiger partial charge on any atom is 0.274 e. The SMILES string of the molecule is O=c1cc(C2Cc3ccccc3C2)nc2nc(C3CCCCC3)[nH]n12. The van der Waals surface area contributed by atoms with Gasteiger partial charge in [0.1, 0.15) is 5.82 Å². The van der Waals surface area contributed by atoms with Crippen LogP contribution in [0.3, 0.4) is 0 Å². The minimum atomic E-state index is -0.0504. The molecule has 128 valence electrons. The first kappa shape index (κ1) is 14.9. The van der Waals surface area contributed by atoms with Crippen LogP contribution in [0, 0.1) is 0 Å². The number of nitrogens with zero attached hydrogens (tertiary/aromatic N) is 3. The van der Waals surface area contributed by atoms with Crippen molar-refractivity contribution in [2.24, 2.45) is 0 Å². The number of fused-ring (bicyclic) bond motifs is 2. The number of nitrogens with one attached hydrogen (secondary N) is 1. The van der Waals surface area contributed by atoms with Crippen molar-refractivity contribution in [1.29, 1.82) is 0 Å². The largest absolute Gasteiger partial charge is 0.275 e. The molecule has 1 saturated carbocycles. The molecule has 0 amide bonds. The molecule has 2 heterocycles. The second-order valence-electron chi connectivity index (χ2n) is 7.47. The van der Waals surface area contributed by atoms with E-state index >= 15 is 0 Å². The summed E-state index contributed by atoms with van der Waals surface area (Å²) in [6, 6.07) is 10.2. The van der Waals surface area contributed by atoms with Gasteiger partial charge < -0.3 is 0 Å². The monoisotopic (exact) mass is 334 g/mol. The summed E-state index contributed by atoms with van der Waals surface area (Å²) in [5.41, 5.74) is 3.58. The Bertz CT molecular complexity index is 956. The Hall–Kier alpha value is -2.43. The molecule has 1 N–H and O–H groups in total. The summed E-state index contributed by atoms with van der Waals surface area (Å²) < 4.78 is 1.51. The fraction of sp³-hybridized carbons (Fsp3) is 0.450. The normalized spacial score (nSPS) is 18.7. The molecule has 0 spiro atoms. The number of hydrogen-bond donors (Lipinski definition) is 1. The van der Waals surface area contributed by atoms with Gasteiger partial charge in [0, 0.05) is 17.9 Å². The lowest BCUT2D eigenvalue weighted by Gasteiger charge is -2.18. The molecule has 0 unspecified atom stereocenters. The van der Waals surface area contributed by atoms with E-state index in [1.807, 2.05) is 0 Å². The van der Waals surface area contributed by atoms with Crippen molar-refractivity contribution >= 4 is 5.78 Å². The van der Waals surface area contributed by atoms with Crippen LogP contribution in [0.15, 0.2) is 35.1 Å². The van der Waals surface area contributed by atoms with Gasteiger partial charge in [0.15, 0.2) is 0 Å². The Morgan fingerprint density at radius 3 is 2.40 bits per heavy atom. The van der Waals surface area contributed by atoms with Crippen molar-refractivity contribution in [3.8, 4) is 0 Å². The summed E-state index contributed by atoms with van der Waals surface area (Å²) in [6.07, 6.45) is 8.02. The Morgan fingerprint density at radius 1 is 0.960 bits per heavy atom. The zero-order valence-corrected chi connectivity index (χ0v) is 14.2. The molecule has 5 heteroatoms. The summed E-state index contributed by atoms with van der Waals surface area (Å²) in [5, 5.41) is 3.20. The van der Waals surface area contributed by atoms with E-state index in [1.54, 1.807) is 6.07 Å². The lowest BCUT2D eigenvalue weighted by Crippen LogP contribution is -2.17. The van der Waals surface area contributed by atoms with Gasteiger partial charge in [0.05, 0.1) is 5.69 Å². The van der Waals surface area contributed by atoms with Gasteiger partial charge in [0.2, 0.25) is 0 Å². The molecular formula is C20H22N4O. The van der Waals surface area contributed by atoms with Gasteiger partial charge in [-0.15, -0.1) is 0 Å². The number of H-pyrrole nitrogens is 1. The van der Waals surface area contributed by atoms with Gasteiger partial charge in [-0.1, -0.05) is 43.5 Å². The topological polar surface area (TPSA) is 63.0 Å². The van der Waals surface area contributed by atoms with E-state index in [9.17, 15) is 4.79 Å². The molecule has 0 radical (unpaired) electrons. The van der Waals surface area contributed by atoms with Crippen molar-refractivity contribution in [3.63, 3.8) is 0 Å². The highest BCUT2D eigenvalue weighted by atomic mass is 16.1. The van der Waals surface area contributed by atoms with Crippen molar-refractivity contribution in [2.45, 2.75) is 56.8 Å². The molecule has 2 aliphatic rings. The predicted molar refractivity (Wildman–Crippen MR) is 96.0 cm³/mol. The number of aromatic amines is 1. The first-order chi connectivity index (χ1) is 12.3. The lowest BCUT2D eigenvalue weighted by atomic mass is 9.89. The molecule has 0 bridgehead atoms. The third kappa shape index (κ3) is 2.58. The van der Waals surface area contributed by atoms with Crippen LogP contribution in [0.2, 0.25) is 0 Å². The van der Waals surface area contributed by atoms with Crippen LogP contribution in [0.25, 0.3) is 5.78 Å². The van der Waals surface area contributed by atoms with Crippen LogP contribution in [0.4, 0.5) is 0 Å². The van der Waals surface area contributed by atoms with Gasteiger partial charge in [0.25, 0.3) is 11.3 Å². The van der Waals surface area contributed by atoms with E-state index in [1.165, 1.54) is 34.9 Å². The Morgan fingerprint density at radius 2 is 1.68 bits per heavy atom. The van der Waals surface area contributed by atoms with Crippen LogP contribution < -0.4 is 5.56 Å². The summed E-state index contributed by atoms with van der Waals surface area (Å²) in [5.74, 6) is 2.18. The zero-order chi connectivity index (χ0) is 16.8. The fourth-order valence-electron chi connectivity index (χ4n) is 4.45. The predicted octanol–water partition coefficient (Wildman–Crippen LogP) is 3.35. The van der Waals surface area contributed by atoms with Crippen LogP contribution in [0.5, 0.6) is 0 Å². The summed E-state index contributed by atoms with van der Waals surface area (Å²) >= 11 is 0. The van der Waals surface area contributed by atoms with Crippen LogP contribution in [0.1, 0.15) is 66.6 Å². The first-order valence-electron chi connectivity index (χ1n) is 9.34. The number of benzene rings is 1. The van der Waals surface area contributed by atoms with E-state index in [2.05, 4.69) is 34.3 Å². The van der Waals surface area contributed by atoms with Crippen LogP contribution in [-0.4, -0.2) is 19.6 Å². The van der Waals surface area contributed by atoms with E-state index in [-0.39, 0.29) is 11.5 Å². The van der Waals surface area contributed by atoms with Crippen LogP contribution >= 0.6 is 0 Å². The minimum Gasteiger partial charge on any atom is -0.275 e. The highest BCUT2D eigenvalue weighted by Crippen LogP contribution is 2.33. The molecule has 2 aromatic heterocycles. The third-order valence-corrected chi connectivity index (χ3v) is 5.83. The second kappa shape index (κ2) is 5.83. The second-order valence-corrected chi connectivity index (χ2v) is 7.47. The molecule has 0 atom stereocenters. The molecule has 5 nitrogen and oxygen atoms in total. The number of hydrogen-bond acceptors (Lipinski definition) is 3. The van der Waals surface area contributed by atoms with Crippen molar-refractivity contribution in [1.82, 2.24) is 19.6 Å². The standard InChI is InChI=1S/C20H22N4O/c25-18-12-17(16-10-14-8-4-5-9-15(14)11-16)21-20-22-19(23-24(18)20)13-6-2-1-3-7-13/h4-5,8-9,12-13,16H,1-3,6-7,10-11H2,(H,21,22,23). The van der Waals surface area contributed by atoms with Gasteiger partial charge in [-0.05, 0) is 36.8 Å². The van der Waals surface area contributed by atoms with Gasteiger partial charge >= 0.3 is 0 Å². The molecule has 25 heavy (non-hydrogen) atoms. The van der Waals surface area contributed by atoms with Gasteiger partial charge in [-0.2, -0.15) is 9.50 Å². The summed E-state index contributed by atoms with van der Waals surface area (Å²) in [6.45, 7) is 0. The number of rotatable bonds is 2. The maximum absolute atomic E-state index is 12.6. The highest BCUT2D eigenvalue weighted by Gasteiger charge is 2.25. The smallest absolute Gasteiger partial charge is 0.274 e. The summed E-state index contributed by atoms with van der Waals surface area (Å²) in [7, 11) is 0. The van der Waals surface area contributed by atoms with E-state index in [4.69, 9.17) is 4.98 Å². The third-order valence-electron chi connectivity index (χ3n) is 5.83. The van der Waals surface area contributed by atoms with E-state index in [0.717, 1.165) is 37.2 Å².